The maximum absolute atomic E-state index is 0. The van der Waals surface area contributed by atoms with Crippen LogP contribution in [0.2, 0.25) is 0 Å². The van der Waals surface area contributed by atoms with Crippen LogP contribution in [-0.2, 0) is 0 Å². The topological polar surface area (TPSA) is 126 Å². The number of hydrogen-bond donors (Lipinski definition) is 0. The van der Waals surface area contributed by atoms with Gasteiger partial charge in [-0.05, 0) is 0 Å². The van der Waals surface area contributed by atoms with Crippen molar-refractivity contribution >= 4 is 26.6 Å². The molecule has 0 rings (SSSR count). The smallest absolute Gasteiger partial charge is 0 e. The summed E-state index contributed by atoms with van der Waals surface area (Å²) in [5, 5.41) is 0. The van der Waals surface area contributed by atoms with Gasteiger partial charge in [0, 0.05) is 26.6 Å². The van der Waals surface area contributed by atoms with Gasteiger partial charge in [-0.1, -0.05) is 0 Å². The second-order valence-electron chi connectivity index (χ2n) is 0. The Hall–Kier alpha value is 0.736. The van der Waals surface area contributed by atoms with E-state index in [2.05, 4.69) is 0 Å². The molecule has 0 aromatic carbocycles. The molecule has 8 N–H and O–H groups in total. The molecular weight excluding hydrogens is 273 g/mol. The van der Waals surface area contributed by atoms with Crippen LogP contribution in [0.4, 0.5) is 0 Å². The Balaban J connectivity index is 0. The van der Waals surface area contributed by atoms with Crippen LogP contribution < -0.4 is 0 Å². The van der Waals surface area contributed by atoms with Crippen molar-refractivity contribution in [3.63, 3.8) is 0 Å². The van der Waals surface area contributed by atoms with Gasteiger partial charge in [0.2, 0.25) is 0 Å². The maximum atomic E-state index is 0. The van der Waals surface area contributed by atoms with Crippen LogP contribution in [0.15, 0.2) is 0 Å². The molecule has 0 aliphatic heterocycles. The molecule has 0 unspecified atom stereocenters. The van der Waals surface area contributed by atoms with Crippen LogP contribution >= 0.6 is 0 Å². The van der Waals surface area contributed by atoms with Gasteiger partial charge in [-0.2, -0.15) is 0 Å². The molecule has 0 aromatic rings. The quantitative estimate of drug-likeness (QED) is 0.433. The first kappa shape index (κ1) is 237. The monoisotopic (exact) mass is 281 g/mol. The van der Waals surface area contributed by atoms with Gasteiger partial charge < -0.3 is 21.9 Å². The van der Waals surface area contributed by atoms with Gasteiger partial charge in [-0.3, -0.25) is 0 Å². The predicted molar refractivity (Wildman–Crippen MR) is 20.2 cm³/mol. The molecule has 0 amide bonds. The van der Waals surface area contributed by atoms with Gasteiger partial charge in [0.15, 0.2) is 0 Å². The summed E-state index contributed by atoms with van der Waals surface area (Å²) < 4.78 is 0. The van der Waals surface area contributed by atoms with E-state index < -0.39 is 0 Å². The molecule has 0 spiro atoms. The average Bonchev–Trinajstić information content (AvgIpc) is 0. The molecule has 0 saturated carbocycles. The van der Waals surface area contributed by atoms with E-state index in [9.17, 15) is 0 Å². The Morgan fingerprint density at radius 3 is 0.400 bits per heavy atom. The first-order valence-corrected chi connectivity index (χ1v) is 0. The zero-order valence-electron chi connectivity index (χ0n) is 2.41. The van der Waals surface area contributed by atoms with Crippen molar-refractivity contribution < 1.29 is 21.9 Å². The summed E-state index contributed by atoms with van der Waals surface area (Å²) in [6.45, 7) is 0. The third-order valence-electron chi connectivity index (χ3n) is 0. The van der Waals surface area contributed by atoms with Crippen molar-refractivity contribution in [1.82, 2.24) is 0 Å². The second kappa shape index (κ2) is 122. The fourth-order valence-corrected chi connectivity index (χ4v) is 0. The molecule has 0 aliphatic carbocycles. The molecule has 0 atom stereocenters. The molecule has 0 bridgehead atoms. The largest absolute Gasteiger partial charge is 0.412 e. The van der Waals surface area contributed by atoms with Crippen molar-refractivity contribution in [2.24, 2.45) is 0 Å². The fraction of sp³-hybridized carbons (Fsp3) is 0. The van der Waals surface area contributed by atoms with E-state index >= 15 is 0 Å². The van der Waals surface area contributed by atoms with Gasteiger partial charge >= 0.3 is 0 Å². The van der Waals surface area contributed by atoms with Crippen LogP contribution in [0.3, 0.4) is 0 Å². The van der Waals surface area contributed by atoms with Gasteiger partial charge in [-0.25, -0.2) is 0 Å². The van der Waals surface area contributed by atoms with Crippen LogP contribution in [0.25, 0.3) is 0 Å². The standard InChI is InChI=1S/4H2O.Po/h4*1H2;. The average molecular weight is 281 g/mol. The Morgan fingerprint density at radius 2 is 0.400 bits per heavy atom. The zero-order chi connectivity index (χ0) is 0. The molecular formula is H8O4Po. The van der Waals surface area contributed by atoms with Crippen molar-refractivity contribution in [1.29, 1.82) is 0 Å². The van der Waals surface area contributed by atoms with Crippen LogP contribution in [0.5, 0.6) is 0 Å². The van der Waals surface area contributed by atoms with Crippen LogP contribution in [-0.4, -0.2) is 48.5 Å². The first-order valence-electron chi connectivity index (χ1n) is 0. The molecule has 0 aliphatic rings. The van der Waals surface area contributed by atoms with E-state index in [0.717, 1.165) is 0 Å². The predicted octanol–water partition coefficient (Wildman–Crippen LogP) is -3.68. The van der Waals surface area contributed by atoms with E-state index in [1.807, 2.05) is 0 Å². The first-order chi connectivity index (χ1) is 0. The minimum absolute atomic E-state index is 0. The van der Waals surface area contributed by atoms with Gasteiger partial charge in [0.25, 0.3) is 0 Å². The minimum atomic E-state index is 0. The molecule has 5 heavy (non-hydrogen) atoms. The van der Waals surface area contributed by atoms with Gasteiger partial charge in [-0.15, -0.1) is 0 Å². The minimum Gasteiger partial charge on any atom is -0.412 e. The SMILES string of the molecule is O.O.O.O.[Po]. The Morgan fingerprint density at radius 1 is 0.400 bits per heavy atom. The second-order valence-corrected chi connectivity index (χ2v) is 0. The van der Waals surface area contributed by atoms with Crippen molar-refractivity contribution in [3.8, 4) is 0 Å². The third-order valence-corrected chi connectivity index (χ3v) is 0. The molecule has 0 heterocycles. The number of hydrogen-bond acceptors (Lipinski definition) is 0. The van der Waals surface area contributed by atoms with Crippen LogP contribution in [0.1, 0.15) is 0 Å². The zero-order valence-corrected chi connectivity index (χ0v) is 5.58. The summed E-state index contributed by atoms with van der Waals surface area (Å²) in [5.74, 6) is 0. The number of rotatable bonds is 0. The van der Waals surface area contributed by atoms with Crippen molar-refractivity contribution in [2.75, 3.05) is 0 Å². The summed E-state index contributed by atoms with van der Waals surface area (Å²) >= 11 is 0. The fourth-order valence-electron chi connectivity index (χ4n) is 0. The van der Waals surface area contributed by atoms with Gasteiger partial charge in [0.05, 0.1) is 0 Å². The van der Waals surface area contributed by atoms with Crippen molar-refractivity contribution in [2.45, 2.75) is 0 Å². The maximum Gasteiger partial charge on any atom is 0 e. The molecule has 5 heteroatoms. The van der Waals surface area contributed by atoms with E-state index in [-0.39, 0.29) is 48.5 Å². The summed E-state index contributed by atoms with van der Waals surface area (Å²) in [6, 6.07) is 0. The third kappa shape index (κ3) is 65.4. The molecule has 0 fully saturated rings. The van der Waals surface area contributed by atoms with E-state index in [1.165, 1.54) is 0 Å². The Bertz CT molecular complexity index is 3.61. The Kier molecular flexibility index (Phi) is 5790. The van der Waals surface area contributed by atoms with Gasteiger partial charge in [0.1, 0.15) is 0 Å². The van der Waals surface area contributed by atoms with Crippen LogP contribution in [0, 0.1) is 0 Å². The summed E-state index contributed by atoms with van der Waals surface area (Å²) in [4.78, 5) is 0. The molecule has 0 saturated heterocycles. The molecule has 38 valence electrons. The van der Waals surface area contributed by atoms with E-state index in [1.54, 1.807) is 0 Å². The summed E-state index contributed by atoms with van der Waals surface area (Å²) in [6.07, 6.45) is 0. The summed E-state index contributed by atoms with van der Waals surface area (Å²) in [7, 11) is 0. The normalized spacial score (nSPS) is 0. The Labute approximate surface area is 48.9 Å². The van der Waals surface area contributed by atoms with E-state index in [4.69, 9.17) is 0 Å². The molecule has 4 nitrogen and oxygen atoms in total. The molecule has 0 aromatic heterocycles. The summed E-state index contributed by atoms with van der Waals surface area (Å²) in [5.41, 5.74) is 0. The van der Waals surface area contributed by atoms with E-state index in [0.29, 0.717) is 0 Å². The van der Waals surface area contributed by atoms with Crippen molar-refractivity contribution in [3.05, 3.63) is 0 Å². The molecule has 2 radical (unpaired) electrons.